The van der Waals surface area contributed by atoms with Crippen LogP contribution >= 0.6 is 0 Å². The Morgan fingerprint density at radius 2 is 2.12 bits per heavy atom. The van der Waals surface area contributed by atoms with Crippen LogP contribution in [0.4, 0.5) is 5.82 Å². The molecule has 1 atom stereocenters. The van der Waals surface area contributed by atoms with Crippen LogP contribution in [0.5, 0.6) is 0 Å². The SMILES string of the molecule is c1nc(N2CCC(C3CC3)C2)c2cc[nH]c2n1. The van der Waals surface area contributed by atoms with Gasteiger partial charge < -0.3 is 9.88 Å². The van der Waals surface area contributed by atoms with Crippen LogP contribution in [0.15, 0.2) is 18.6 Å². The highest BCUT2D eigenvalue weighted by Crippen LogP contribution is 2.42. The normalized spacial score (nSPS) is 24.7. The smallest absolute Gasteiger partial charge is 0.142 e. The largest absolute Gasteiger partial charge is 0.356 e. The van der Waals surface area contributed by atoms with Gasteiger partial charge in [-0.1, -0.05) is 0 Å². The lowest BCUT2D eigenvalue weighted by Crippen LogP contribution is -2.21. The summed E-state index contributed by atoms with van der Waals surface area (Å²) in [5, 5.41) is 1.16. The molecule has 1 aliphatic heterocycles. The van der Waals surface area contributed by atoms with Gasteiger partial charge in [-0.3, -0.25) is 0 Å². The number of aromatic nitrogens is 3. The van der Waals surface area contributed by atoms with Crippen LogP contribution in [-0.4, -0.2) is 28.0 Å². The van der Waals surface area contributed by atoms with Gasteiger partial charge in [0.05, 0.1) is 5.39 Å². The molecule has 1 saturated carbocycles. The van der Waals surface area contributed by atoms with Crippen molar-refractivity contribution in [2.45, 2.75) is 19.3 Å². The third-order valence-corrected chi connectivity index (χ3v) is 4.15. The number of rotatable bonds is 2. The van der Waals surface area contributed by atoms with Crippen LogP contribution in [0.1, 0.15) is 19.3 Å². The Kier molecular flexibility index (Phi) is 1.92. The summed E-state index contributed by atoms with van der Waals surface area (Å²) in [4.78, 5) is 14.3. The molecule has 1 aliphatic carbocycles. The number of hydrogen-bond acceptors (Lipinski definition) is 3. The first-order valence-corrected chi connectivity index (χ1v) is 6.45. The van der Waals surface area contributed by atoms with Crippen molar-refractivity contribution in [2.24, 2.45) is 11.8 Å². The molecule has 2 aliphatic rings. The van der Waals surface area contributed by atoms with E-state index in [1.807, 2.05) is 6.20 Å². The first-order valence-electron chi connectivity index (χ1n) is 6.45. The van der Waals surface area contributed by atoms with E-state index in [2.05, 4.69) is 25.9 Å². The number of fused-ring (bicyclic) bond motifs is 1. The first kappa shape index (κ1) is 9.45. The molecular formula is C13H16N4. The van der Waals surface area contributed by atoms with Crippen LogP contribution in [0.25, 0.3) is 11.0 Å². The monoisotopic (exact) mass is 228 g/mol. The van der Waals surface area contributed by atoms with Gasteiger partial charge in [-0.15, -0.1) is 0 Å². The van der Waals surface area contributed by atoms with Gasteiger partial charge >= 0.3 is 0 Å². The fourth-order valence-electron chi connectivity index (χ4n) is 3.04. The zero-order chi connectivity index (χ0) is 11.2. The summed E-state index contributed by atoms with van der Waals surface area (Å²) >= 11 is 0. The van der Waals surface area contributed by atoms with E-state index in [-0.39, 0.29) is 0 Å². The fraction of sp³-hybridized carbons (Fsp3) is 0.538. The minimum absolute atomic E-state index is 0.902. The Bertz CT molecular complexity index is 543. The number of H-pyrrole nitrogens is 1. The standard InChI is InChI=1S/C13H16N4/c1-2-9(1)10-4-6-17(7-10)13-11-3-5-14-12(11)15-8-16-13/h3,5,8-10H,1-2,4,6-7H2,(H,14,15,16). The summed E-state index contributed by atoms with van der Waals surface area (Å²) < 4.78 is 0. The highest BCUT2D eigenvalue weighted by Gasteiger charge is 2.36. The quantitative estimate of drug-likeness (QED) is 0.857. The molecule has 0 aromatic carbocycles. The van der Waals surface area contributed by atoms with Crippen LogP contribution in [-0.2, 0) is 0 Å². The second-order valence-electron chi connectivity index (χ2n) is 5.27. The van der Waals surface area contributed by atoms with E-state index in [0.717, 1.165) is 35.2 Å². The van der Waals surface area contributed by atoms with Gasteiger partial charge in [0.2, 0.25) is 0 Å². The lowest BCUT2D eigenvalue weighted by molar-refractivity contribution is 0.514. The molecule has 88 valence electrons. The van der Waals surface area contributed by atoms with E-state index in [4.69, 9.17) is 0 Å². The molecular weight excluding hydrogens is 212 g/mol. The van der Waals surface area contributed by atoms with Crippen molar-refractivity contribution in [1.29, 1.82) is 0 Å². The summed E-state index contributed by atoms with van der Waals surface area (Å²) in [5.74, 6) is 3.02. The molecule has 1 N–H and O–H groups in total. The molecule has 2 aromatic rings. The number of nitrogens with one attached hydrogen (secondary N) is 1. The Morgan fingerprint density at radius 1 is 1.18 bits per heavy atom. The van der Waals surface area contributed by atoms with Crippen LogP contribution in [0.3, 0.4) is 0 Å². The van der Waals surface area contributed by atoms with Gasteiger partial charge in [0, 0.05) is 19.3 Å². The molecule has 0 bridgehead atoms. The Labute approximate surface area is 100 Å². The molecule has 2 fully saturated rings. The highest BCUT2D eigenvalue weighted by atomic mass is 15.2. The predicted octanol–water partition coefficient (Wildman–Crippen LogP) is 2.19. The molecule has 2 aromatic heterocycles. The van der Waals surface area contributed by atoms with Gasteiger partial charge in [0.25, 0.3) is 0 Å². The maximum absolute atomic E-state index is 4.47. The van der Waals surface area contributed by atoms with Gasteiger partial charge in [-0.25, -0.2) is 9.97 Å². The summed E-state index contributed by atoms with van der Waals surface area (Å²) in [6.07, 6.45) is 7.83. The third kappa shape index (κ3) is 1.51. The van der Waals surface area contributed by atoms with Crippen molar-refractivity contribution in [3.8, 4) is 0 Å². The summed E-state index contributed by atoms with van der Waals surface area (Å²) in [7, 11) is 0. The number of hydrogen-bond donors (Lipinski definition) is 1. The molecule has 1 unspecified atom stereocenters. The van der Waals surface area contributed by atoms with Gasteiger partial charge in [0.15, 0.2) is 0 Å². The van der Waals surface area contributed by atoms with E-state index in [1.165, 1.54) is 25.8 Å². The molecule has 3 heterocycles. The lowest BCUT2D eigenvalue weighted by Gasteiger charge is -2.17. The van der Waals surface area contributed by atoms with Gasteiger partial charge in [0.1, 0.15) is 17.8 Å². The predicted molar refractivity (Wildman–Crippen MR) is 66.9 cm³/mol. The maximum Gasteiger partial charge on any atom is 0.142 e. The Morgan fingerprint density at radius 3 is 3.00 bits per heavy atom. The molecule has 4 nitrogen and oxygen atoms in total. The van der Waals surface area contributed by atoms with Gasteiger partial charge in [-0.2, -0.15) is 0 Å². The van der Waals surface area contributed by atoms with E-state index in [1.54, 1.807) is 6.33 Å². The van der Waals surface area contributed by atoms with Crippen molar-refractivity contribution in [1.82, 2.24) is 15.0 Å². The second kappa shape index (κ2) is 3.45. The minimum Gasteiger partial charge on any atom is -0.356 e. The average molecular weight is 228 g/mol. The van der Waals surface area contributed by atoms with E-state index >= 15 is 0 Å². The molecule has 0 radical (unpaired) electrons. The number of nitrogens with zero attached hydrogens (tertiary/aromatic N) is 3. The first-order chi connectivity index (χ1) is 8.42. The number of aromatic amines is 1. The van der Waals surface area contributed by atoms with Crippen molar-refractivity contribution < 1.29 is 0 Å². The molecule has 0 amide bonds. The van der Waals surface area contributed by atoms with Crippen molar-refractivity contribution in [2.75, 3.05) is 18.0 Å². The maximum atomic E-state index is 4.47. The molecule has 4 heteroatoms. The van der Waals surface area contributed by atoms with Crippen LogP contribution in [0.2, 0.25) is 0 Å². The van der Waals surface area contributed by atoms with Gasteiger partial charge in [-0.05, 0) is 37.2 Å². The van der Waals surface area contributed by atoms with Crippen molar-refractivity contribution in [3.63, 3.8) is 0 Å². The Balaban J connectivity index is 1.67. The topological polar surface area (TPSA) is 44.8 Å². The van der Waals surface area contributed by atoms with Crippen LogP contribution < -0.4 is 4.90 Å². The van der Waals surface area contributed by atoms with Crippen molar-refractivity contribution in [3.05, 3.63) is 18.6 Å². The van der Waals surface area contributed by atoms with Crippen LogP contribution in [0, 0.1) is 11.8 Å². The zero-order valence-corrected chi connectivity index (χ0v) is 9.76. The van der Waals surface area contributed by atoms with E-state index in [0.29, 0.717) is 0 Å². The fourth-order valence-corrected chi connectivity index (χ4v) is 3.04. The average Bonchev–Trinajstić information content (AvgIpc) is 2.93. The van der Waals surface area contributed by atoms with E-state index < -0.39 is 0 Å². The highest BCUT2D eigenvalue weighted by molar-refractivity contribution is 5.87. The minimum atomic E-state index is 0.902. The van der Waals surface area contributed by atoms with Crippen molar-refractivity contribution >= 4 is 16.9 Å². The summed E-state index contributed by atoms with van der Waals surface area (Å²) in [6.45, 7) is 2.33. The Hall–Kier alpha value is -1.58. The van der Waals surface area contributed by atoms with E-state index in [9.17, 15) is 0 Å². The third-order valence-electron chi connectivity index (χ3n) is 4.15. The summed E-state index contributed by atoms with van der Waals surface area (Å²) in [5.41, 5.74) is 0.949. The molecule has 0 spiro atoms. The lowest BCUT2D eigenvalue weighted by atomic mass is 10.0. The molecule has 4 rings (SSSR count). The molecule has 17 heavy (non-hydrogen) atoms. The molecule has 1 saturated heterocycles. The zero-order valence-electron chi connectivity index (χ0n) is 9.76. The number of anilines is 1. The second-order valence-corrected chi connectivity index (χ2v) is 5.27. The summed E-state index contributed by atoms with van der Waals surface area (Å²) in [6, 6.07) is 2.08.